The number of carbonyl (C=O) groups is 3. The molecule has 0 aliphatic carbocycles. The van der Waals surface area contributed by atoms with Crippen LogP contribution >= 0.6 is 0 Å². The molecule has 3 fully saturated rings. The molecule has 0 saturated carbocycles. The van der Waals surface area contributed by atoms with Crippen LogP contribution in [0.15, 0.2) is 79.0 Å². The highest BCUT2D eigenvalue weighted by atomic mass is 19.1. The molecule has 12 nitrogen and oxygen atoms in total. The predicted octanol–water partition coefficient (Wildman–Crippen LogP) is 4.36. The number of hydrogen-bond donors (Lipinski definition) is 1. The molecule has 9 rings (SSSR count). The minimum absolute atomic E-state index is 0.0648. The molecule has 1 unspecified atom stereocenters. The van der Waals surface area contributed by atoms with Crippen LogP contribution in [0.3, 0.4) is 0 Å². The Morgan fingerprint density at radius 1 is 0.827 bits per heavy atom. The summed E-state index contributed by atoms with van der Waals surface area (Å²) in [5.41, 5.74) is 5.98. The van der Waals surface area contributed by atoms with E-state index in [1.165, 1.54) is 6.07 Å². The lowest BCUT2D eigenvalue weighted by Gasteiger charge is -2.35. The van der Waals surface area contributed by atoms with Crippen molar-refractivity contribution in [2.45, 2.75) is 50.9 Å². The van der Waals surface area contributed by atoms with Gasteiger partial charge in [0.05, 0.1) is 17.9 Å². The van der Waals surface area contributed by atoms with E-state index in [9.17, 15) is 18.8 Å². The molecule has 3 aromatic heterocycles. The largest absolute Gasteiger partial charge is 0.354 e. The normalized spacial score (nSPS) is 20.9. The number of piperazine rings is 1. The van der Waals surface area contributed by atoms with Crippen molar-refractivity contribution in [2.24, 2.45) is 0 Å². The van der Waals surface area contributed by atoms with Gasteiger partial charge >= 0.3 is 0 Å². The molecule has 3 amide bonds. The van der Waals surface area contributed by atoms with Gasteiger partial charge in [0.25, 0.3) is 5.91 Å². The number of halogens is 1. The molecule has 4 aliphatic rings. The lowest BCUT2D eigenvalue weighted by molar-refractivity contribution is -0.136. The number of imidazole rings is 1. The zero-order valence-corrected chi connectivity index (χ0v) is 28.6. The van der Waals surface area contributed by atoms with Crippen molar-refractivity contribution in [1.82, 2.24) is 34.7 Å². The van der Waals surface area contributed by atoms with Crippen LogP contribution in [0.4, 0.5) is 16.0 Å². The molecule has 1 N–H and O–H groups in total. The highest BCUT2D eigenvalue weighted by molar-refractivity contribution is 6.05. The van der Waals surface area contributed by atoms with E-state index in [0.717, 1.165) is 97.5 Å². The topological polar surface area (TPSA) is 119 Å². The third-order valence-electron chi connectivity index (χ3n) is 10.8. The van der Waals surface area contributed by atoms with Gasteiger partial charge in [0, 0.05) is 57.8 Å². The number of anilines is 2. The van der Waals surface area contributed by atoms with Crippen LogP contribution in [-0.2, 0) is 22.7 Å². The summed E-state index contributed by atoms with van der Waals surface area (Å²) >= 11 is 0. The Morgan fingerprint density at radius 2 is 1.69 bits per heavy atom. The summed E-state index contributed by atoms with van der Waals surface area (Å²) in [5.74, 6) is 0.669. The molecule has 0 spiro atoms. The number of rotatable bonds is 7. The summed E-state index contributed by atoms with van der Waals surface area (Å²) in [6, 6.07) is 22.3. The van der Waals surface area contributed by atoms with Gasteiger partial charge < -0.3 is 14.7 Å². The van der Waals surface area contributed by atoms with Gasteiger partial charge in [-0.1, -0.05) is 30.3 Å². The Balaban J connectivity index is 0.863. The first-order valence-electron chi connectivity index (χ1n) is 18.0. The van der Waals surface area contributed by atoms with Crippen LogP contribution in [0.25, 0.3) is 17.0 Å². The second-order valence-corrected chi connectivity index (χ2v) is 14.0. The first-order chi connectivity index (χ1) is 25.4. The van der Waals surface area contributed by atoms with Crippen LogP contribution in [0, 0.1) is 5.82 Å². The number of piperidine rings is 1. The average Bonchev–Trinajstić information content (AvgIpc) is 3.89. The fourth-order valence-corrected chi connectivity index (χ4v) is 8.15. The van der Waals surface area contributed by atoms with Gasteiger partial charge in [-0.25, -0.2) is 18.9 Å². The molecule has 2 atom stereocenters. The molecule has 0 bridgehead atoms. The van der Waals surface area contributed by atoms with Gasteiger partial charge in [-0.15, -0.1) is 5.10 Å². The number of imide groups is 1. The van der Waals surface area contributed by atoms with Crippen LogP contribution in [0.1, 0.15) is 58.8 Å². The lowest BCUT2D eigenvalue weighted by Crippen LogP contribution is -2.52. The molecule has 7 heterocycles. The lowest BCUT2D eigenvalue weighted by atomic mass is 10.0. The Labute approximate surface area is 299 Å². The van der Waals surface area contributed by atoms with Gasteiger partial charge in [-0.2, -0.15) is 0 Å². The summed E-state index contributed by atoms with van der Waals surface area (Å²) in [5, 5.41) is 7.38. The van der Waals surface area contributed by atoms with E-state index in [1.807, 2.05) is 59.2 Å². The van der Waals surface area contributed by atoms with Crippen molar-refractivity contribution in [3.63, 3.8) is 0 Å². The zero-order valence-electron chi connectivity index (χ0n) is 28.6. The molecular formula is C39H38FN9O3. The standard InChI is InChI=1S/C39H38FN9O3/c40-28-5-1-4-26(21-28)31-7-3-15-47(31)36-13-12-34-41-22-33(49(34)44-36)30-6-2-8-35(42-30)46-18-16-45(17-19-46)23-25-9-10-29-27(20-25)24-48(39(29)52)32-11-14-37(50)43-38(32)51/h1-2,4-6,8-10,12-13,20-22,31-32H,3,7,11,14-19,23-24H2,(H,43,50,51)/t31-,32?/m1/s1. The maximum absolute atomic E-state index is 14.1. The Morgan fingerprint density at radius 3 is 2.54 bits per heavy atom. The van der Waals surface area contributed by atoms with Gasteiger partial charge in [0.1, 0.15) is 29.2 Å². The second-order valence-electron chi connectivity index (χ2n) is 14.0. The van der Waals surface area contributed by atoms with Gasteiger partial charge in [-0.05, 0) is 78.4 Å². The highest BCUT2D eigenvalue weighted by Crippen LogP contribution is 2.36. The fraction of sp³-hybridized carbons (Fsp3) is 0.333. The number of aromatic nitrogens is 4. The van der Waals surface area contributed by atoms with Crippen molar-refractivity contribution in [3.05, 3.63) is 107 Å². The number of fused-ring (bicyclic) bond motifs is 2. The SMILES string of the molecule is O=C1CCC(N2Cc3cc(CN4CCN(c5cccc(-c6cnc7ccc(N8CCC[C@@H]8c8cccc(F)c8)nn67)n5)CC4)ccc3C2=O)C(=O)N1. The molecule has 2 aromatic carbocycles. The first kappa shape index (κ1) is 32.2. The minimum Gasteiger partial charge on any atom is -0.354 e. The summed E-state index contributed by atoms with van der Waals surface area (Å²) in [6.07, 6.45) is 4.36. The number of nitrogens with zero attached hydrogens (tertiary/aromatic N) is 8. The van der Waals surface area contributed by atoms with Gasteiger partial charge in [0.15, 0.2) is 5.65 Å². The Hall–Kier alpha value is -5.69. The maximum atomic E-state index is 14.1. The fourth-order valence-electron chi connectivity index (χ4n) is 8.15. The van der Waals surface area contributed by atoms with Crippen LogP contribution in [0.2, 0.25) is 0 Å². The van der Waals surface area contributed by atoms with E-state index in [-0.39, 0.29) is 30.1 Å². The molecule has 264 valence electrons. The highest BCUT2D eigenvalue weighted by Gasteiger charge is 2.39. The molecule has 5 aromatic rings. The summed E-state index contributed by atoms with van der Waals surface area (Å²) < 4.78 is 15.9. The van der Waals surface area contributed by atoms with Gasteiger partial charge in [0.2, 0.25) is 11.8 Å². The third kappa shape index (κ3) is 5.94. The number of carbonyl (C=O) groups excluding carboxylic acids is 3. The van der Waals surface area contributed by atoms with Crippen molar-refractivity contribution in [2.75, 3.05) is 42.5 Å². The average molecular weight is 700 g/mol. The third-order valence-corrected chi connectivity index (χ3v) is 10.8. The zero-order chi connectivity index (χ0) is 35.3. The maximum Gasteiger partial charge on any atom is 0.255 e. The van der Waals surface area contributed by atoms with Crippen LogP contribution < -0.4 is 15.1 Å². The Bertz CT molecular complexity index is 2210. The van der Waals surface area contributed by atoms with Gasteiger partial charge in [-0.3, -0.25) is 24.6 Å². The van der Waals surface area contributed by atoms with E-state index in [0.29, 0.717) is 18.5 Å². The quantitative estimate of drug-likeness (QED) is 0.248. The molecule has 3 saturated heterocycles. The van der Waals surface area contributed by atoms with E-state index in [4.69, 9.17) is 10.1 Å². The minimum atomic E-state index is -0.613. The van der Waals surface area contributed by atoms with E-state index in [1.54, 1.807) is 17.0 Å². The molecular weight excluding hydrogens is 661 g/mol. The van der Waals surface area contributed by atoms with E-state index >= 15 is 0 Å². The summed E-state index contributed by atoms with van der Waals surface area (Å²) in [7, 11) is 0. The number of amides is 3. The second kappa shape index (κ2) is 13.1. The van der Waals surface area contributed by atoms with Crippen LogP contribution in [-0.4, -0.2) is 85.9 Å². The number of pyridine rings is 1. The summed E-state index contributed by atoms with van der Waals surface area (Å²) in [4.78, 5) is 55.4. The van der Waals surface area contributed by atoms with Crippen molar-refractivity contribution in [1.29, 1.82) is 0 Å². The summed E-state index contributed by atoms with van der Waals surface area (Å²) in [6.45, 7) is 5.32. The molecule has 4 aliphatic heterocycles. The van der Waals surface area contributed by atoms with Crippen molar-refractivity contribution >= 4 is 35.0 Å². The van der Waals surface area contributed by atoms with Crippen molar-refractivity contribution in [3.8, 4) is 11.4 Å². The number of hydrogen-bond acceptors (Lipinski definition) is 9. The monoisotopic (exact) mass is 699 g/mol. The van der Waals surface area contributed by atoms with Crippen molar-refractivity contribution < 1.29 is 18.8 Å². The van der Waals surface area contributed by atoms with E-state index < -0.39 is 11.9 Å². The van der Waals surface area contributed by atoms with Crippen LogP contribution in [0.5, 0.6) is 0 Å². The predicted molar refractivity (Wildman–Crippen MR) is 192 cm³/mol. The Kier molecular flexibility index (Phi) is 8.14. The van der Waals surface area contributed by atoms with E-state index in [2.05, 4.69) is 31.1 Å². The number of benzene rings is 2. The molecule has 13 heteroatoms. The first-order valence-corrected chi connectivity index (χ1v) is 18.0. The molecule has 52 heavy (non-hydrogen) atoms. The molecule has 0 radical (unpaired) electrons. The number of nitrogens with one attached hydrogen (secondary N) is 1. The smallest absolute Gasteiger partial charge is 0.255 e.